The maximum atomic E-state index is 10.5. The molecule has 3 nitrogen and oxygen atoms in total. The van der Waals surface area contributed by atoms with Crippen LogP contribution in [0.25, 0.3) is 22.3 Å². The zero-order chi connectivity index (χ0) is 14.8. The first-order valence-corrected chi connectivity index (χ1v) is 6.57. The fourth-order valence-corrected chi connectivity index (χ4v) is 2.36. The first-order valence-electron chi connectivity index (χ1n) is 6.57. The molecule has 0 radical (unpaired) electrons. The average molecular weight is 278 g/mol. The third-order valence-electron chi connectivity index (χ3n) is 3.40. The van der Waals surface area contributed by atoms with E-state index < -0.39 is 0 Å². The van der Waals surface area contributed by atoms with Crippen molar-refractivity contribution in [3.8, 4) is 39.5 Å². The predicted octanol–water partition coefficient (Wildman–Crippen LogP) is 4.14. The van der Waals surface area contributed by atoms with Crippen LogP contribution >= 0.6 is 0 Å². The highest BCUT2D eigenvalue weighted by Gasteiger charge is 2.19. The largest absolute Gasteiger partial charge is 0.507 e. The van der Waals surface area contributed by atoms with Gasteiger partial charge < -0.3 is 15.3 Å². The molecule has 0 bridgehead atoms. The lowest BCUT2D eigenvalue weighted by Gasteiger charge is -2.13. The minimum Gasteiger partial charge on any atom is -0.507 e. The lowest BCUT2D eigenvalue weighted by atomic mass is 9.96. The topological polar surface area (TPSA) is 60.7 Å². The summed E-state index contributed by atoms with van der Waals surface area (Å²) in [5.74, 6) is -0.633. The monoisotopic (exact) mass is 278 g/mol. The van der Waals surface area contributed by atoms with E-state index in [4.69, 9.17) is 0 Å². The third-order valence-corrected chi connectivity index (χ3v) is 3.40. The van der Waals surface area contributed by atoms with E-state index >= 15 is 0 Å². The van der Waals surface area contributed by atoms with E-state index in [1.165, 1.54) is 6.07 Å². The summed E-state index contributed by atoms with van der Waals surface area (Å²) < 4.78 is 0. The Morgan fingerprint density at radius 2 is 1.10 bits per heavy atom. The Bertz CT molecular complexity index is 765. The summed E-state index contributed by atoms with van der Waals surface area (Å²) in [6.45, 7) is 0. The fourth-order valence-electron chi connectivity index (χ4n) is 2.36. The molecule has 0 unspecified atom stereocenters. The molecule has 21 heavy (non-hydrogen) atoms. The molecular weight excluding hydrogens is 264 g/mol. The van der Waals surface area contributed by atoms with Crippen LogP contribution in [0.3, 0.4) is 0 Å². The summed E-state index contributed by atoms with van der Waals surface area (Å²) in [7, 11) is 0. The molecule has 0 saturated carbocycles. The van der Waals surface area contributed by atoms with E-state index in [2.05, 4.69) is 0 Å². The molecule has 0 atom stereocenters. The third kappa shape index (κ3) is 2.30. The smallest absolute Gasteiger partial charge is 0.169 e. The molecule has 3 aromatic rings. The summed E-state index contributed by atoms with van der Waals surface area (Å²) >= 11 is 0. The molecule has 104 valence electrons. The SMILES string of the molecule is Oc1cc(-c2ccccc2)c(O)c(-c2ccccc2)c1O. The first kappa shape index (κ1) is 13.1. The van der Waals surface area contributed by atoms with Crippen LogP contribution in [-0.4, -0.2) is 15.3 Å². The molecular formula is C18H14O3. The normalized spacial score (nSPS) is 10.5. The molecule has 0 spiro atoms. The van der Waals surface area contributed by atoms with Crippen molar-refractivity contribution in [2.24, 2.45) is 0 Å². The van der Waals surface area contributed by atoms with Crippen molar-refractivity contribution < 1.29 is 15.3 Å². The number of aromatic hydroxyl groups is 3. The number of phenolic OH excluding ortho intramolecular Hbond substituents is 3. The maximum absolute atomic E-state index is 10.5. The zero-order valence-corrected chi connectivity index (χ0v) is 11.2. The van der Waals surface area contributed by atoms with E-state index in [9.17, 15) is 15.3 Å². The second-order valence-corrected chi connectivity index (χ2v) is 4.75. The number of hydrogen-bond donors (Lipinski definition) is 3. The Morgan fingerprint density at radius 3 is 1.67 bits per heavy atom. The lowest BCUT2D eigenvalue weighted by molar-refractivity contribution is 0.399. The Kier molecular flexibility index (Phi) is 3.24. The molecule has 0 saturated heterocycles. The minimum atomic E-state index is -0.321. The van der Waals surface area contributed by atoms with Gasteiger partial charge in [-0.2, -0.15) is 0 Å². The van der Waals surface area contributed by atoms with Crippen molar-refractivity contribution >= 4 is 0 Å². The van der Waals surface area contributed by atoms with E-state index in [0.29, 0.717) is 11.1 Å². The van der Waals surface area contributed by atoms with Crippen LogP contribution in [0.15, 0.2) is 66.7 Å². The van der Waals surface area contributed by atoms with Gasteiger partial charge in [-0.25, -0.2) is 0 Å². The molecule has 0 aliphatic rings. The van der Waals surface area contributed by atoms with Gasteiger partial charge in [0.2, 0.25) is 0 Å². The molecule has 3 aromatic carbocycles. The standard InChI is InChI=1S/C18H14O3/c19-15-11-14(12-7-3-1-4-8-12)17(20)16(18(15)21)13-9-5-2-6-10-13/h1-11,19-21H. The number of phenols is 3. The van der Waals surface area contributed by atoms with Crippen molar-refractivity contribution in [1.82, 2.24) is 0 Å². The van der Waals surface area contributed by atoms with Crippen LogP contribution < -0.4 is 0 Å². The van der Waals surface area contributed by atoms with Gasteiger partial charge >= 0.3 is 0 Å². The summed E-state index contributed by atoms with van der Waals surface area (Å²) in [4.78, 5) is 0. The predicted molar refractivity (Wildman–Crippen MR) is 82.3 cm³/mol. The van der Waals surface area contributed by atoms with Gasteiger partial charge in [-0.3, -0.25) is 0 Å². The number of benzene rings is 3. The molecule has 0 heterocycles. The highest BCUT2D eigenvalue weighted by Crippen LogP contribution is 2.48. The van der Waals surface area contributed by atoms with Crippen molar-refractivity contribution in [3.63, 3.8) is 0 Å². The lowest BCUT2D eigenvalue weighted by Crippen LogP contribution is -1.86. The summed E-state index contributed by atoms with van der Waals surface area (Å²) in [6, 6.07) is 19.6. The van der Waals surface area contributed by atoms with E-state index in [1.807, 2.05) is 36.4 Å². The van der Waals surface area contributed by atoms with Gasteiger partial charge in [0, 0.05) is 5.56 Å². The fraction of sp³-hybridized carbons (Fsp3) is 0. The van der Waals surface area contributed by atoms with Gasteiger partial charge in [-0.05, 0) is 17.2 Å². The minimum absolute atomic E-state index is 0.0531. The van der Waals surface area contributed by atoms with Crippen LogP contribution in [0, 0.1) is 0 Å². The number of rotatable bonds is 2. The Hall–Kier alpha value is -2.94. The van der Waals surface area contributed by atoms with Crippen molar-refractivity contribution in [1.29, 1.82) is 0 Å². The number of hydrogen-bond acceptors (Lipinski definition) is 3. The van der Waals surface area contributed by atoms with Gasteiger partial charge in [0.1, 0.15) is 5.75 Å². The van der Waals surface area contributed by atoms with Crippen LogP contribution in [0.5, 0.6) is 17.2 Å². The second-order valence-electron chi connectivity index (χ2n) is 4.75. The van der Waals surface area contributed by atoms with E-state index in [0.717, 1.165) is 5.56 Å². The highest BCUT2D eigenvalue weighted by atomic mass is 16.3. The average Bonchev–Trinajstić information content (AvgIpc) is 2.53. The maximum Gasteiger partial charge on any atom is 0.169 e. The van der Waals surface area contributed by atoms with Gasteiger partial charge in [0.25, 0.3) is 0 Å². The van der Waals surface area contributed by atoms with E-state index in [1.54, 1.807) is 24.3 Å². The van der Waals surface area contributed by atoms with Crippen LogP contribution in [0.4, 0.5) is 0 Å². The van der Waals surface area contributed by atoms with Gasteiger partial charge in [-0.15, -0.1) is 0 Å². The molecule has 0 fully saturated rings. The van der Waals surface area contributed by atoms with Crippen LogP contribution in [0.1, 0.15) is 0 Å². The highest BCUT2D eigenvalue weighted by molar-refractivity contribution is 5.88. The van der Waals surface area contributed by atoms with Crippen molar-refractivity contribution in [3.05, 3.63) is 66.7 Å². The van der Waals surface area contributed by atoms with E-state index in [-0.39, 0.29) is 22.8 Å². The van der Waals surface area contributed by atoms with Gasteiger partial charge in [-0.1, -0.05) is 60.7 Å². The Balaban J connectivity index is 2.29. The van der Waals surface area contributed by atoms with Gasteiger partial charge in [0.05, 0.1) is 5.56 Å². The van der Waals surface area contributed by atoms with Gasteiger partial charge in [0.15, 0.2) is 11.5 Å². The van der Waals surface area contributed by atoms with Crippen molar-refractivity contribution in [2.45, 2.75) is 0 Å². The molecule has 0 aromatic heterocycles. The Labute approximate surface area is 122 Å². The summed E-state index contributed by atoms with van der Waals surface area (Å²) in [5, 5.41) is 30.6. The molecule has 0 aliphatic carbocycles. The van der Waals surface area contributed by atoms with Crippen LogP contribution in [0.2, 0.25) is 0 Å². The quantitative estimate of drug-likeness (QED) is 0.487. The molecule has 0 aliphatic heterocycles. The first-order chi connectivity index (χ1) is 10.2. The Morgan fingerprint density at radius 1 is 0.571 bits per heavy atom. The molecule has 3 rings (SSSR count). The molecule has 0 amide bonds. The second kappa shape index (κ2) is 5.21. The zero-order valence-electron chi connectivity index (χ0n) is 11.2. The van der Waals surface area contributed by atoms with Crippen LogP contribution in [-0.2, 0) is 0 Å². The van der Waals surface area contributed by atoms with Crippen molar-refractivity contribution in [2.75, 3.05) is 0 Å². The molecule has 3 heteroatoms. The summed E-state index contributed by atoms with van der Waals surface area (Å²) in [5.41, 5.74) is 2.11. The molecule has 3 N–H and O–H groups in total. The summed E-state index contributed by atoms with van der Waals surface area (Å²) in [6.07, 6.45) is 0.